The van der Waals surface area contributed by atoms with Crippen LogP contribution in [0.2, 0.25) is 0 Å². The van der Waals surface area contributed by atoms with E-state index in [1.807, 2.05) is 11.8 Å². The maximum Gasteiger partial charge on any atom is 0.244 e. The third-order valence-corrected chi connectivity index (χ3v) is 6.28. The maximum atomic E-state index is 12.8. The number of carbonyl (C=O) groups is 1. The molecule has 3 heterocycles. The highest BCUT2D eigenvalue weighted by molar-refractivity contribution is 7.99. The number of rotatable bonds is 2. The number of nitrogens with one attached hydrogen (secondary N) is 1. The van der Waals surface area contributed by atoms with E-state index in [2.05, 4.69) is 27.0 Å². The van der Waals surface area contributed by atoms with Gasteiger partial charge in [0.2, 0.25) is 5.91 Å². The van der Waals surface area contributed by atoms with Gasteiger partial charge in [0.25, 0.3) is 0 Å². The van der Waals surface area contributed by atoms with Gasteiger partial charge in [-0.1, -0.05) is 0 Å². The van der Waals surface area contributed by atoms with E-state index in [9.17, 15) is 4.79 Å². The summed E-state index contributed by atoms with van der Waals surface area (Å²) in [5, 5.41) is 7.90. The molecule has 2 saturated heterocycles. The van der Waals surface area contributed by atoms with E-state index < -0.39 is 0 Å². The van der Waals surface area contributed by atoms with Crippen molar-refractivity contribution in [1.82, 2.24) is 10.2 Å². The van der Waals surface area contributed by atoms with E-state index in [0.29, 0.717) is 11.9 Å². The molecule has 4 rings (SSSR count). The first-order chi connectivity index (χ1) is 9.30. The Balaban J connectivity index is 1.66. The van der Waals surface area contributed by atoms with E-state index >= 15 is 0 Å². The minimum atomic E-state index is -0.197. The molecular weight excluding hydrogens is 276 g/mol. The number of thiophene rings is 1. The van der Waals surface area contributed by atoms with Gasteiger partial charge in [-0.05, 0) is 59.6 Å². The molecule has 3 aliphatic rings. The minimum absolute atomic E-state index is 0.120. The van der Waals surface area contributed by atoms with Crippen LogP contribution in [0.5, 0.6) is 0 Å². The summed E-state index contributed by atoms with van der Waals surface area (Å²) in [6, 6.07) is 2.59. The van der Waals surface area contributed by atoms with E-state index in [1.165, 1.54) is 17.1 Å². The van der Waals surface area contributed by atoms with Gasteiger partial charge in [-0.25, -0.2) is 0 Å². The van der Waals surface area contributed by atoms with Crippen LogP contribution < -0.4 is 5.32 Å². The molecule has 0 aromatic carbocycles. The summed E-state index contributed by atoms with van der Waals surface area (Å²) in [6.07, 6.45) is 4.45. The van der Waals surface area contributed by atoms with Gasteiger partial charge in [0.15, 0.2) is 0 Å². The first kappa shape index (κ1) is 12.2. The Morgan fingerprint density at radius 2 is 2.11 bits per heavy atom. The van der Waals surface area contributed by atoms with Crippen LogP contribution in [-0.4, -0.2) is 33.9 Å². The van der Waals surface area contributed by atoms with Crippen molar-refractivity contribution >= 4 is 29.0 Å². The zero-order chi connectivity index (χ0) is 12.9. The van der Waals surface area contributed by atoms with Crippen molar-refractivity contribution in [3.63, 3.8) is 0 Å². The van der Waals surface area contributed by atoms with Crippen LogP contribution in [0.15, 0.2) is 16.8 Å². The molecule has 1 aromatic heterocycles. The third-order valence-electron chi connectivity index (χ3n) is 4.53. The SMILES string of the molecule is O=C1N(C2CCSCC2)C(c2ccsc2)NC12CC2. The molecule has 0 bridgehead atoms. The Bertz CT molecular complexity index is 478. The number of hydrogen-bond acceptors (Lipinski definition) is 4. The number of amides is 1. The molecule has 0 radical (unpaired) electrons. The molecule has 1 unspecified atom stereocenters. The Labute approximate surface area is 121 Å². The summed E-state index contributed by atoms with van der Waals surface area (Å²) in [6.45, 7) is 0. The highest BCUT2D eigenvalue weighted by Crippen LogP contribution is 2.48. The summed E-state index contributed by atoms with van der Waals surface area (Å²) < 4.78 is 0. The molecule has 3 fully saturated rings. The number of carbonyl (C=O) groups excluding carboxylic acids is 1. The summed E-state index contributed by atoms with van der Waals surface area (Å²) in [5.74, 6) is 2.75. The Morgan fingerprint density at radius 1 is 1.32 bits per heavy atom. The van der Waals surface area contributed by atoms with Crippen molar-refractivity contribution in [3.8, 4) is 0 Å². The van der Waals surface area contributed by atoms with Crippen molar-refractivity contribution in [2.75, 3.05) is 11.5 Å². The molecule has 1 atom stereocenters. The van der Waals surface area contributed by atoms with Gasteiger partial charge in [0.05, 0.1) is 0 Å². The fourth-order valence-corrected chi connectivity index (χ4v) is 5.02. The largest absolute Gasteiger partial charge is 0.318 e. The molecule has 19 heavy (non-hydrogen) atoms. The average Bonchev–Trinajstić information content (AvgIpc) is 2.92. The van der Waals surface area contributed by atoms with E-state index in [1.54, 1.807) is 11.3 Å². The van der Waals surface area contributed by atoms with Crippen LogP contribution in [-0.2, 0) is 4.79 Å². The zero-order valence-electron chi connectivity index (χ0n) is 10.8. The van der Waals surface area contributed by atoms with Crippen molar-refractivity contribution in [3.05, 3.63) is 22.4 Å². The molecule has 102 valence electrons. The maximum absolute atomic E-state index is 12.8. The number of nitrogens with zero attached hydrogens (tertiary/aromatic N) is 1. The lowest BCUT2D eigenvalue weighted by Gasteiger charge is -2.34. The lowest BCUT2D eigenvalue weighted by Crippen LogP contribution is -2.42. The standard InChI is InChI=1S/C14H18N2OS2/c17-13-14(4-5-14)15-12(10-1-6-19-9-10)16(13)11-2-7-18-8-3-11/h1,6,9,11-12,15H,2-5,7-8H2. The predicted octanol–water partition coefficient (Wildman–Crippen LogP) is 2.61. The third kappa shape index (κ3) is 1.94. The normalized spacial score (nSPS) is 30.2. The molecule has 3 nitrogen and oxygen atoms in total. The highest BCUT2D eigenvalue weighted by atomic mass is 32.2. The van der Waals surface area contributed by atoms with Gasteiger partial charge in [-0.15, -0.1) is 0 Å². The Kier molecular flexibility index (Phi) is 2.90. The van der Waals surface area contributed by atoms with Crippen LogP contribution >= 0.6 is 23.1 Å². The number of hydrogen-bond donors (Lipinski definition) is 1. The van der Waals surface area contributed by atoms with Gasteiger partial charge in [0.1, 0.15) is 11.7 Å². The number of thioether (sulfide) groups is 1. The van der Waals surface area contributed by atoms with Gasteiger partial charge >= 0.3 is 0 Å². The van der Waals surface area contributed by atoms with E-state index in [4.69, 9.17) is 0 Å². The fourth-order valence-electron chi connectivity index (χ4n) is 3.26. The average molecular weight is 294 g/mol. The topological polar surface area (TPSA) is 32.3 Å². The van der Waals surface area contributed by atoms with Crippen LogP contribution in [0.25, 0.3) is 0 Å². The molecule has 5 heteroatoms. The zero-order valence-corrected chi connectivity index (χ0v) is 12.4. The monoisotopic (exact) mass is 294 g/mol. The Hall–Kier alpha value is -0.520. The molecule has 1 aliphatic carbocycles. The minimum Gasteiger partial charge on any atom is -0.318 e. The van der Waals surface area contributed by atoms with Crippen molar-refractivity contribution in [1.29, 1.82) is 0 Å². The van der Waals surface area contributed by atoms with Gasteiger partial charge in [-0.3, -0.25) is 10.1 Å². The van der Waals surface area contributed by atoms with Crippen LogP contribution in [0, 0.1) is 0 Å². The van der Waals surface area contributed by atoms with E-state index in [-0.39, 0.29) is 11.7 Å². The highest BCUT2D eigenvalue weighted by Gasteiger charge is 2.60. The van der Waals surface area contributed by atoms with Crippen LogP contribution in [0.1, 0.15) is 37.4 Å². The predicted molar refractivity (Wildman–Crippen MR) is 79.4 cm³/mol. The first-order valence-electron chi connectivity index (χ1n) is 7.00. The second-order valence-corrected chi connectivity index (χ2v) is 7.75. The van der Waals surface area contributed by atoms with E-state index in [0.717, 1.165) is 25.7 Å². The van der Waals surface area contributed by atoms with Crippen molar-refractivity contribution < 1.29 is 4.79 Å². The molecule has 1 N–H and O–H groups in total. The van der Waals surface area contributed by atoms with Gasteiger partial charge < -0.3 is 4.90 Å². The second-order valence-electron chi connectivity index (χ2n) is 5.74. The lowest BCUT2D eigenvalue weighted by atomic mass is 10.1. The second kappa shape index (κ2) is 4.50. The smallest absolute Gasteiger partial charge is 0.244 e. The summed E-state index contributed by atoms with van der Waals surface area (Å²) in [5.41, 5.74) is 1.07. The summed E-state index contributed by atoms with van der Waals surface area (Å²) >= 11 is 3.73. The molecule has 1 amide bonds. The molecule has 1 aromatic rings. The van der Waals surface area contributed by atoms with Gasteiger partial charge in [0, 0.05) is 6.04 Å². The van der Waals surface area contributed by atoms with Crippen LogP contribution in [0.3, 0.4) is 0 Å². The molecule has 2 aliphatic heterocycles. The summed E-state index contributed by atoms with van der Waals surface area (Å²) in [7, 11) is 0. The molecule has 1 saturated carbocycles. The fraction of sp³-hybridized carbons (Fsp3) is 0.643. The lowest BCUT2D eigenvalue weighted by molar-refractivity contribution is -0.133. The van der Waals surface area contributed by atoms with Crippen molar-refractivity contribution in [2.45, 2.75) is 43.4 Å². The first-order valence-corrected chi connectivity index (χ1v) is 9.10. The van der Waals surface area contributed by atoms with Crippen molar-refractivity contribution in [2.24, 2.45) is 0 Å². The Morgan fingerprint density at radius 3 is 2.74 bits per heavy atom. The van der Waals surface area contributed by atoms with Gasteiger partial charge in [-0.2, -0.15) is 23.1 Å². The van der Waals surface area contributed by atoms with Crippen LogP contribution in [0.4, 0.5) is 0 Å². The molecule has 1 spiro atoms. The molecular formula is C14H18N2OS2. The quantitative estimate of drug-likeness (QED) is 0.910. The summed E-state index contributed by atoms with van der Waals surface area (Å²) in [4.78, 5) is 14.9.